The molecule has 14 heavy (non-hydrogen) atoms. The van der Waals surface area contributed by atoms with Crippen molar-refractivity contribution in [2.75, 3.05) is 12.3 Å². The van der Waals surface area contributed by atoms with E-state index in [-0.39, 0.29) is 13.2 Å². The van der Waals surface area contributed by atoms with Crippen molar-refractivity contribution < 1.29 is 10.2 Å². The van der Waals surface area contributed by atoms with Crippen LogP contribution in [0.15, 0.2) is 18.2 Å². The molecule has 0 saturated carbocycles. The summed E-state index contributed by atoms with van der Waals surface area (Å²) in [7, 11) is 0. The Balaban J connectivity index is 2.65. The van der Waals surface area contributed by atoms with Gasteiger partial charge in [-0.3, -0.25) is 0 Å². The van der Waals surface area contributed by atoms with Crippen LogP contribution in [0.25, 0.3) is 0 Å². The van der Waals surface area contributed by atoms with Gasteiger partial charge in [0.1, 0.15) is 0 Å². The SMILES string of the molecule is Nc1ccc(CCCCO)c(CO)c1. The lowest BCUT2D eigenvalue weighted by Gasteiger charge is -2.07. The predicted molar refractivity (Wildman–Crippen MR) is 56.8 cm³/mol. The van der Waals surface area contributed by atoms with Crippen LogP contribution in [-0.2, 0) is 13.0 Å². The summed E-state index contributed by atoms with van der Waals surface area (Å²) in [5.74, 6) is 0. The Morgan fingerprint density at radius 1 is 1.07 bits per heavy atom. The monoisotopic (exact) mass is 195 g/mol. The molecule has 3 nitrogen and oxygen atoms in total. The number of aliphatic hydroxyl groups is 2. The van der Waals surface area contributed by atoms with Gasteiger partial charge in [-0.1, -0.05) is 6.07 Å². The molecule has 0 aliphatic heterocycles. The Hall–Kier alpha value is -1.06. The van der Waals surface area contributed by atoms with Crippen molar-refractivity contribution in [1.82, 2.24) is 0 Å². The van der Waals surface area contributed by atoms with E-state index in [1.807, 2.05) is 12.1 Å². The van der Waals surface area contributed by atoms with E-state index in [2.05, 4.69) is 0 Å². The van der Waals surface area contributed by atoms with Gasteiger partial charge < -0.3 is 15.9 Å². The van der Waals surface area contributed by atoms with Crippen molar-refractivity contribution in [2.45, 2.75) is 25.9 Å². The Morgan fingerprint density at radius 3 is 2.50 bits per heavy atom. The highest BCUT2D eigenvalue weighted by atomic mass is 16.3. The van der Waals surface area contributed by atoms with Crippen LogP contribution in [0, 0.1) is 0 Å². The second-order valence-corrected chi connectivity index (χ2v) is 3.37. The first-order valence-electron chi connectivity index (χ1n) is 4.87. The van der Waals surface area contributed by atoms with E-state index in [9.17, 15) is 0 Å². The largest absolute Gasteiger partial charge is 0.399 e. The molecule has 1 aromatic carbocycles. The Labute approximate surface area is 84.2 Å². The zero-order valence-corrected chi connectivity index (χ0v) is 8.24. The maximum absolute atomic E-state index is 9.09. The standard InChI is InChI=1S/C11H17NO2/c12-11-5-4-9(3-1-2-6-13)10(7-11)8-14/h4-5,7,13-14H,1-3,6,8,12H2. The fourth-order valence-corrected chi connectivity index (χ4v) is 1.46. The highest BCUT2D eigenvalue weighted by molar-refractivity contribution is 5.44. The molecule has 0 atom stereocenters. The van der Waals surface area contributed by atoms with E-state index in [0.717, 1.165) is 30.4 Å². The minimum absolute atomic E-state index is 0.0273. The maximum Gasteiger partial charge on any atom is 0.0685 e. The van der Waals surface area contributed by atoms with Gasteiger partial charge in [-0.25, -0.2) is 0 Å². The molecule has 1 aromatic rings. The quantitative estimate of drug-likeness (QED) is 0.486. The zero-order chi connectivity index (χ0) is 10.4. The summed E-state index contributed by atoms with van der Waals surface area (Å²) in [6, 6.07) is 5.58. The van der Waals surface area contributed by atoms with Crippen LogP contribution in [0.5, 0.6) is 0 Å². The fourth-order valence-electron chi connectivity index (χ4n) is 1.46. The number of hydrogen-bond donors (Lipinski definition) is 3. The number of rotatable bonds is 5. The summed E-state index contributed by atoms with van der Waals surface area (Å²) in [6.45, 7) is 0.253. The Bertz CT molecular complexity index is 287. The van der Waals surface area contributed by atoms with Gasteiger partial charge in [-0.15, -0.1) is 0 Å². The number of nitrogens with two attached hydrogens (primary N) is 1. The van der Waals surface area contributed by atoms with Crippen molar-refractivity contribution in [3.8, 4) is 0 Å². The molecule has 0 fully saturated rings. The van der Waals surface area contributed by atoms with Gasteiger partial charge in [0.2, 0.25) is 0 Å². The van der Waals surface area contributed by atoms with E-state index in [1.165, 1.54) is 0 Å². The van der Waals surface area contributed by atoms with Crippen molar-refractivity contribution in [3.05, 3.63) is 29.3 Å². The second kappa shape index (κ2) is 5.62. The summed E-state index contributed by atoms with van der Waals surface area (Å²) in [6.07, 6.45) is 2.62. The lowest BCUT2D eigenvalue weighted by molar-refractivity contribution is 0.278. The van der Waals surface area contributed by atoms with Gasteiger partial charge in [0.25, 0.3) is 0 Å². The predicted octanol–water partition coefficient (Wildman–Crippen LogP) is 1.08. The first-order valence-corrected chi connectivity index (χ1v) is 4.87. The number of benzene rings is 1. The molecule has 0 heterocycles. The van der Waals surface area contributed by atoms with Gasteiger partial charge >= 0.3 is 0 Å². The number of nitrogen functional groups attached to an aromatic ring is 1. The molecule has 0 aliphatic carbocycles. The molecule has 1 rings (SSSR count). The van der Waals surface area contributed by atoms with Crippen LogP contribution < -0.4 is 5.73 Å². The molecular weight excluding hydrogens is 178 g/mol. The lowest BCUT2D eigenvalue weighted by Crippen LogP contribution is -1.97. The summed E-state index contributed by atoms with van der Waals surface area (Å²) in [5.41, 5.74) is 8.30. The molecule has 78 valence electrons. The Morgan fingerprint density at radius 2 is 1.86 bits per heavy atom. The molecule has 0 spiro atoms. The molecule has 4 N–H and O–H groups in total. The highest BCUT2D eigenvalue weighted by Crippen LogP contribution is 2.15. The van der Waals surface area contributed by atoms with Gasteiger partial charge in [-0.05, 0) is 42.5 Å². The van der Waals surface area contributed by atoms with Crippen molar-refractivity contribution >= 4 is 5.69 Å². The second-order valence-electron chi connectivity index (χ2n) is 3.37. The molecule has 0 bridgehead atoms. The van der Waals surface area contributed by atoms with E-state index in [1.54, 1.807) is 6.07 Å². The molecule has 0 amide bonds. The molecule has 3 heteroatoms. The van der Waals surface area contributed by atoms with Crippen LogP contribution in [0.3, 0.4) is 0 Å². The smallest absolute Gasteiger partial charge is 0.0685 e. The summed E-state index contributed by atoms with van der Waals surface area (Å²) >= 11 is 0. The molecule has 0 saturated heterocycles. The summed E-state index contributed by atoms with van der Waals surface area (Å²) in [4.78, 5) is 0. The minimum Gasteiger partial charge on any atom is -0.399 e. The highest BCUT2D eigenvalue weighted by Gasteiger charge is 2.01. The van der Waals surface area contributed by atoms with Gasteiger partial charge in [-0.2, -0.15) is 0 Å². The normalized spacial score (nSPS) is 10.4. The van der Waals surface area contributed by atoms with E-state index >= 15 is 0 Å². The average molecular weight is 195 g/mol. The van der Waals surface area contributed by atoms with Gasteiger partial charge in [0.15, 0.2) is 0 Å². The van der Waals surface area contributed by atoms with E-state index < -0.39 is 0 Å². The average Bonchev–Trinajstić information content (AvgIpc) is 2.20. The third kappa shape index (κ3) is 3.01. The number of aryl methyl sites for hydroxylation is 1. The molecule has 0 radical (unpaired) electrons. The first-order chi connectivity index (χ1) is 6.77. The van der Waals surface area contributed by atoms with Gasteiger partial charge in [0, 0.05) is 12.3 Å². The Kier molecular flexibility index (Phi) is 4.43. The molecule has 0 aliphatic rings. The van der Waals surface area contributed by atoms with Crippen LogP contribution in [0.2, 0.25) is 0 Å². The maximum atomic E-state index is 9.09. The minimum atomic E-state index is 0.0273. The van der Waals surface area contributed by atoms with Crippen LogP contribution in [-0.4, -0.2) is 16.8 Å². The topological polar surface area (TPSA) is 66.5 Å². The molecule has 0 aromatic heterocycles. The van der Waals surface area contributed by atoms with Crippen LogP contribution >= 0.6 is 0 Å². The van der Waals surface area contributed by atoms with E-state index in [0.29, 0.717) is 5.69 Å². The van der Waals surface area contributed by atoms with Gasteiger partial charge in [0.05, 0.1) is 6.61 Å². The van der Waals surface area contributed by atoms with Crippen molar-refractivity contribution in [1.29, 1.82) is 0 Å². The van der Waals surface area contributed by atoms with Crippen molar-refractivity contribution in [2.24, 2.45) is 0 Å². The fraction of sp³-hybridized carbons (Fsp3) is 0.455. The molecule has 0 unspecified atom stereocenters. The van der Waals surface area contributed by atoms with Crippen LogP contribution in [0.4, 0.5) is 5.69 Å². The number of anilines is 1. The number of hydrogen-bond acceptors (Lipinski definition) is 3. The number of aliphatic hydroxyl groups excluding tert-OH is 2. The number of unbranched alkanes of at least 4 members (excludes halogenated alkanes) is 1. The van der Waals surface area contributed by atoms with E-state index in [4.69, 9.17) is 15.9 Å². The first kappa shape index (κ1) is 11.0. The lowest BCUT2D eigenvalue weighted by atomic mass is 10.0. The third-order valence-corrected chi connectivity index (χ3v) is 2.25. The van der Waals surface area contributed by atoms with Crippen molar-refractivity contribution in [3.63, 3.8) is 0 Å². The van der Waals surface area contributed by atoms with Crippen LogP contribution in [0.1, 0.15) is 24.0 Å². The summed E-state index contributed by atoms with van der Waals surface area (Å²) < 4.78 is 0. The third-order valence-electron chi connectivity index (χ3n) is 2.25. The molecular formula is C11H17NO2. The summed E-state index contributed by atoms with van der Waals surface area (Å²) in [5, 5.41) is 17.7. The zero-order valence-electron chi connectivity index (χ0n) is 8.24.